The molecule has 0 aliphatic rings. The molecule has 26 heavy (non-hydrogen) atoms. The predicted octanol–water partition coefficient (Wildman–Crippen LogP) is 3.99. The number of fused-ring (bicyclic) bond motifs is 1. The number of hydrogen-bond acceptors (Lipinski definition) is 3. The molecule has 0 unspecified atom stereocenters. The maximum Gasteiger partial charge on any atom is 0.335 e. The van der Waals surface area contributed by atoms with Crippen LogP contribution >= 0.6 is 15.9 Å². The average molecular weight is 411 g/mol. The molecule has 1 amide bonds. The molecule has 0 heterocycles. The number of carboxylic acid groups (broad SMARTS) is 1. The van der Waals surface area contributed by atoms with Crippen LogP contribution in [0.1, 0.15) is 21.5 Å². The third kappa shape index (κ3) is 4.15. The fraction of sp³-hybridized carbons (Fsp3) is 0.0500. The molecular formula is C20H15BrN2O3. The number of amides is 1. The summed E-state index contributed by atoms with van der Waals surface area (Å²) >= 11 is 3.52. The van der Waals surface area contributed by atoms with Crippen LogP contribution in [0.4, 0.5) is 0 Å². The highest BCUT2D eigenvalue weighted by Gasteiger charge is 2.08. The van der Waals surface area contributed by atoms with Gasteiger partial charge >= 0.3 is 5.97 Å². The van der Waals surface area contributed by atoms with Crippen molar-refractivity contribution in [3.8, 4) is 0 Å². The lowest BCUT2D eigenvalue weighted by Crippen LogP contribution is -2.19. The second-order valence-corrected chi connectivity index (χ2v) is 6.50. The summed E-state index contributed by atoms with van der Waals surface area (Å²) in [7, 11) is 0. The van der Waals surface area contributed by atoms with E-state index in [9.17, 15) is 9.59 Å². The Morgan fingerprint density at radius 1 is 1.00 bits per heavy atom. The summed E-state index contributed by atoms with van der Waals surface area (Å²) in [6, 6.07) is 17.9. The summed E-state index contributed by atoms with van der Waals surface area (Å²) in [5.41, 5.74) is 4.32. The fourth-order valence-corrected chi connectivity index (χ4v) is 3.06. The Balaban J connectivity index is 1.66. The van der Waals surface area contributed by atoms with E-state index >= 15 is 0 Å². The van der Waals surface area contributed by atoms with Crippen LogP contribution in [0.3, 0.4) is 0 Å². The fourth-order valence-electron chi connectivity index (χ4n) is 2.58. The van der Waals surface area contributed by atoms with Crippen molar-refractivity contribution in [3.05, 3.63) is 81.8 Å². The van der Waals surface area contributed by atoms with Gasteiger partial charge in [0.25, 0.3) is 0 Å². The first-order valence-electron chi connectivity index (χ1n) is 7.86. The number of benzene rings is 3. The molecule has 0 aliphatic carbocycles. The van der Waals surface area contributed by atoms with Gasteiger partial charge in [-0.1, -0.05) is 58.4 Å². The van der Waals surface area contributed by atoms with Crippen molar-refractivity contribution in [2.24, 2.45) is 5.10 Å². The number of hydrazone groups is 1. The lowest BCUT2D eigenvalue weighted by molar-refractivity contribution is -0.120. The van der Waals surface area contributed by atoms with E-state index in [-0.39, 0.29) is 17.9 Å². The van der Waals surface area contributed by atoms with E-state index in [1.54, 1.807) is 12.1 Å². The van der Waals surface area contributed by atoms with E-state index in [4.69, 9.17) is 5.11 Å². The van der Waals surface area contributed by atoms with Crippen LogP contribution in [0.2, 0.25) is 0 Å². The maximum absolute atomic E-state index is 12.2. The number of carbonyl (C=O) groups excluding carboxylic acids is 1. The van der Waals surface area contributed by atoms with Gasteiger partial charge in [0.2, 0.25) is 5.91 Å². The summed E-state index contributed by atoms with van der Waals surface area (Å²) in [6.45, 7) is 0. The van der Waals surface area contributed by atoms with Crippen molar-refractivity contribution >= 4 is 44.8 Å². The Labute approximate surface area is 158 Å². The van der Waals surface area contributed by atoms with E-state index in [1.165, 1.54) is 18.3 Å². The molecule has 0 saturated heterocycles. The van der Waals surface area contributed by atoms with Gasteiger partial charge in [-0.2, -0.15) is 5.10 Å². The zero-order chi connectivity index (χ0) is 18.5. The van der Waals surface area contributed by atoms with Crippen LogP contribution in [0, 0.1) is 0 Å². The summed E-state index contributed by atoms with van der Waals surface area (Å²) in [5.74, 6) is -1.21. The van der Waals surface area contributed by atoms with E-state index in [1.807, 2.05) is 36.4 Å². The van der Waals surface area contributed by atoms with Crippen molar-refractivity contribution < 1.29 is 14.7 Å². The predicted molar refractivity (Wildman–Crippen MR) is 104 cm³/mol. The Hall–Kier alpha value is -2.99. The lowest BCUT2D eigenvalue weighted by Gasteiger charge is -2.07. The molecule has 3 rings (SSSR count). The van der Waals surface area contributed by atoms with Crippen LogP contribution in [-0.4, -0.2) is 23.2 Å². The molecule has 0 aliphatic heterocycles. The van der Waals surface area contributed by atoms with E-state index < -0.39 is 5.97 Å². The number of halogens is 1. The second-order valence-electron chi connectivity index (χ2n) is 5.65. The number of nitrogens with zero attached hydrogens (tertiary/aromatic N) is 1. The van der Waals surface area contributed by atoms with Gasteiger partial charge < -0.3 is 5.11 Å². The minimum absolute atomic E-state index is 0.202. The quantitative estimate of drug-likeness (QED) is 0.492. The summed E-state index contributed by atoms with van der Waals surface area (Å²) in [4.78, 5) is 23.0. The van der Waals surface area contributed by atoms with Gasteiger partial charge in [-0.15, -0.1) is 0 Å². The molecule has 0 spiro atoms. The summed E-state index contributed by atoms with van der Waals surface area (Å²) in [5, 5.41) is 14.9. The van der Waals surface area contributed by atoms with Gasteiger partial charge in [-0.25, -0.2) is 10.2 Å². The molecule has 0 radical (unpaired) electrons. The monoisotopic (exact) mass is 410 g/mol. The van der Waals surface area contributed by atoms with E-state index in [0.717, 1.165) is 20.8 Å². The van der Waals surface area contributed by atoms with E-state index in [0.29, 0.717) is 5.56 Å². The molecule has 0 aromatic heterocycles. The van der Waals surface area contributed by atoms with Crippen LogP contribution < -0.4 is 5.43 Å². The highest BCUT2D eigenvalue weighted by Crippen LogP contribution is 2.27. The van der Waals surface area contributed by atoms with Crippen molar-refractivity contribution in [2.75, 3.05) is 0 Å². The topological polar surface area (TPSA) is 78.8 Å². The Morgan fingerprint density at radius 3 is 2.38 bits per heavy atom. The molecule has 3 aromatic carbocycles. The highest BCUT2D eigenvalue weighted by molar-refractivity contribution is 9.10. The maximum atomic E-state index is 12.2. The normalized spacial score (nSPS) is 11.0. The van der Waals surface area contributed by atoms with Crippen LogP contribution in [0.5, 0.6) is 0 Å². The Bertz CT molecular complexity index is 998. The third-order valence-electron chi connectivity index (χ3n) is 3.87. The lowest BCUT2D eigenvalue weighted by atomic mass is 10.0. The van der Waals surface area contributed by atoms with Gasteiger partial charge in [-0.3, -0.25) is 4.79 Å². The standard InChI is InChI=1S/C20H15BrN2O3/c21-18-10-9-15(16-3-1-2-4-17(16)18)11-19(24)23-22-12-13-5-7-14(8-6-13)20(25)26/h1-10,12H,11H2,(H,23,24)(H,25,26). The van der Waals surface area contributed by atoms with E-state index in [2.05, 4.69) is 26.5 Å². The number of carboxylic acids is 1. The Kier molecular flexibility index (Phi) is 5.43. The Morgan fingerprint density at radius 2 is 1.69 bits per heavy atom. The molecule has 0 fully saturated rings. The van der Waals surface area contributed by atoms with Crippen molar-refractivity contribution in [2.45, 2.75) is 6.42 Å². The second kappa shape index (κ2) is 7.93. The number of rotatable bonds is 5. The average Bonchev–Trinajstić information content (AvgIpc) is 2.65. The first-order chi connectivity index (χ1) is 12.5. The molecule has 5 nitrogen and oxygen atoms in total. The molecule has 130 valence electrons. The molecule has 0 saturated carbocycles. The minimum atomic E-state index is -0.983. The summed E-state index contributed by atoms with van der Waals surface area (Å²) in [6.07, 6.45) is 1.69. The van der Waals surface area contributed by atoms with Crippen molar-refractivity contribution in [1.82, 2.24) is 5.43 Å². The van der Waals surface area contributed by atoms with Crippen molar-refractivity contribution in [3.63, 3.8) is 0 Å². The van der Waals surface area contributed by atoms with Crippen LogP contribution in [0.15, 0.2) is 70.2 Å². The SMILES string of the molecule is O=C(Cc1ccc(Br)c2ccccc12)NN=Cc1ccc(C(=O)O)cc1. The zero-order valence-corrected chi connectivity index (χ0v) is 15.2. The first-order valence-corrected chi connectivity index (χ1v) is 8.65. The largest absolute Gasteiger partial charge is 0.478 e. The number of hydrogen-bond donors (Lipinski definition) is 2. The van der Waals surface area contributed by atoms with Crippen molar-refractivity contribution in [1.29, 1.82) is 0 Å². The smallest absolute Gasteiger partial charge is 0.335 e. The first kappa shape index (κ1) is 17.8. The molecule has 3 aromatic rings. The van der Waals surface area contributed by atoms with Gasteiger partial charge in [0.05, 0.1) is 18.2 Å². The highest BCUT2D eigenvalue weighted by atomic mass is 79.9. The zero-order valence-electron chi connectivity index (χ0n) is 13.6. The van der Waals surface area contributed by atoms with Gasteiger partial charge in [0.1, 0.15) is 0 Å². The minimum Gasteiger partial charge on any atom is -0.478 e. The molecular weight excluding hydrogens is 396 g/mol. The summed E-state index contributed by atoms with van der Waals surface area (Å²) < 4.78 is 0.986. The number of nitrogens with one attached hydrogen (secondary N) is 1. The van der Waals surface area contributed by atoms with Crippen LogP contribution in [0.25, 0.3) is 10.8 Å². The van der Waals surface area contributed by atoms with Crippen LogP contribution in [-0.2, 0) is 11.2 Å². The third-order valence-corrected chi connectivity index (χ3v) is 4.56. The number of carbonyl (C=O) groups is 2. The van der Waals surface area contributed by atoms with Gasteiger partial charge in [-0.05, 0) is 40.1 Å². The molecule has 2 N–H and O–H groups in total. The molecule has 0 atom stereocenters. The van der Waals surface area contributed by atoms with Gasteiger partial charge in [0.15, 0.2) is 0 Å². The number of aromatic carboxylic acids is 1. The molecule has 0 bridgehead atoms. The molecule has 6 heteroatoms. The van der Waals surface area contributed by atoms with Gasteiger partial charge in [0, 0.05) is 4.47 Å².